The lowest BCUT2D eigenvalue weighted by atomic mass is 10.3. The highest BCUT2D eigenvalue weighted by atomic mass is 35.5. The zero-order chi connectivity index (χ0) is 17.1. The van der Waals surface area contributed by atoms with E-state index in [1.165, 1.54) is 0 Å². The molecule has 7 heteroatoms. The highest BCUT2D eigenvalue weighted by Crippen LogP contribution is 2.27. The minimum atomic E-state index is -0.279. The summed E-state index contributed by atoms with van der Waals surface area (Å²) in [7, 11) is 0. The molecule has 0 aliphatic rings. The number of rotatable bonds is 5. The average molecular weight is 364 g/mol. The molecule has 2 N–H and O–H groups in total. The van der Waals surface area contributed by atoms with E-state index in [0.29, 0.717) is 21.6 Å². The lowest BCUT2D eigenvalue weighted by Gasteiger charge is -2.13. The van der Waals surface area contributed by atoms with Crippen LogP contribution in [0.2, 0.25) is 10.0 Å². The van der Waals surface area contributed by atoms with Crippen LogP contribution in [-0.2, 0) is 4.79 Å². The number of aromatic nitrogens is 2. The van der Waals surface area contributed by atoms with Crippen LogP contribution in [0.15, 0.2) is 42.5 Å². The van der Waals surface area contributed by atoms with Crippen LogP contribution < -0.4 is 10.1 Å². The molecule has 0 saturated carbocycles. The Balaban J connectivity index is 1.60. The fraction of sp³-hybridized carbons (Fsp3) is 0.176. The van der Waals surface area contributed by atoms with E-state index < -0.39 is 0 Å². The van der Waals surface area contributed by atoms with Gasteiger partial charge in [-0.3, -0.25) is 4.79 Å². The monoisotopic (exact) mass is 363 g/mol. The third kappa shape index (κ3) is 3.80. The van der Waals surface area contributed by atoms with Gasteiger partial charge in [0.15, 0.2) is 6.61 Å². The Bertz CT molecular complexity index is 846. The van der Waals surface area contributed by atoms with E-state index in [1.54, 1.807) is 18.2 Å². The molecular weight excluding hydrogens is 349 g/mol. The van der Waals surface area contributed by atoms with Crippen LogP contribution >= 0.6 is 23.2 Å². The number of fused-ring (bicyclic) bond motifs is 1. The first-order valence-corrected chi connectivity index (χ1v) is 8.10. The lowest BCUT2D eigenvalue weighted by molar-refractivity contribution is -0.123. The van der Waals surface area contributed by atoms with Crippen molar-refractivity contribution in [2.45, 2.75) is 13.0 Å². The molecule has 3 aromatic rings. The Morgan fingerprint density at radius 1 is 1.29 bits per heavy atom. The van der Waals surface area contributed by atoms with Gasteiger partial charge in [0.1, 0.15) is 11.6 Å². The van der Waals surface area contributed by atoms with Crippen LogP contribution in [0.25, 0.3) is 11.0 Å². The number of para-hydroxylation sites is 2. The van der Waals surface area contributed by atoms with Gasteiger partial charge < -0.3 is 15.0 Å². The number of nitrogens with zero attached hydrogens (tertiary/aromatic N) is 1. The van der Waals surface area contributed by atoms with Crippen LogP contribution in [0.4, 0.5) is 0 Å². The van der Waals surface area contributed by atoms with Crippen LogP contribution in [0.1, 0.15) is 18.8 Å². The number of H-pyrrole nitrogens is 1. The van der Waals surface area contributed by atoms with Crippen molar-refractivity contribution in [3.05, 3.63) is 58.3 Å². The Hall–Kier alpha value is -2.24. The Kier molecular flexibility index (Phi) is 4.92. The van der Waals surface area contributed by atoms with Crippen LogP contribution in [0, 0.1) is 0 Å². The molecule has 1 unspecified atom stereocenters. The number of aromatic amines is 1. The minimum Gasteiger partial charge on any atom is -0.482 e. The van der Waals surface area contributed by atoms with Gasteiger partial charge >= 0.3 is 0 Å². The van der Waals surface area contributed by atoms with Crippen LogP contribution in [0.3, 0.4) is 0 Å². The molecule has 0 aliphatic carbocycles. The van der Waals surface area contributed by atoms with Gasteiger partial charge in [-0.2, -0.15) is 0 Å². The van der Waals surface area contributed by atoms with Crippen molar-refractivity contribution in [2.75, 3.05) is 6.61 Å². The van der Waals surface area contributed by atoms with Crippen LogP contribution in [0.5, 0.6) is 5.75 Å². The zero-order valence-electron chi connectivity index (χ0n) is 12.8. The summed E-state index contributed by atoms with van der Waals surface area (Å²) < 4.78 is 5.42. The van der Waals surface area contributed by atoms with Crippen molar-refractivity contribution in [3.8, 4) is 5.75 Å². The Morgan fingerprint density at radius 3 is 2.88 bits per heavy atom. The molecule has 0 saturated heterocycles. The summed E-state index contributed by atoms with van der Waals surface area (Å²) in [4.78, 5) is 19.7. The van der Waals surface area contributed by atoms with Gasteiger partial charge in [-0.05, 0) is 31.2 Å². The second-order valence-electron chi connectivity index (χ2n) is 5.29. The van der Waals surface area contributed by atoms with E-state index >= 15 is 0 Å². The largest absolute Gasteiger partial charge is 0.482 e. The zero-order valence-corrected chi connectivity index (χ0v) is 14.4. The van der Waals surface area contributed by atoms with Gasteiger partial charge in [0, 0.05) is 11.1 Å². The second-order valence-corrected chi connectivity index (χ2v) is 6.14. The van der Waals surface area contributed by atoms with Gasteiger partial charge in [-0.1, -0.05) is 35.3 Å². The molecular formula is C17H15Cl2N3O2. The summed E-state index contributed by atoms with van der Waals surface area (Å²) in [6.45, 7) is 1.69. The molecule has 2 aromatic carbocycles. The fourth-order valence-corrected chi connectivity index (χ4v) is 2.59. The molecule has 0 bridgehead atoms. The summed E-state index contributed by atoms with van der Waals surface area (Å²) in [5.74, 6) is 0.778. The molecule has 124 valence electrons. The summed E-state index contributed by atoms with van der Waals surface area (Å²) in [6.07, 6.45) is 0. The second kappa shape index (κ2) is 7.11. The third-order valence-electron chi connectivity index (χ3n) is 3.45. The minimum absolute atomic E-state index is 0.162. The van der Waals surface area contributed by atoms with Gasteiger partial charge in [-0.25, -0.2) is 4.98 Å². The fourth-order valence-electron chi connectivity index (χ4n) is 2.26. The SMILES string of the molecule is CC(NC(=O)COc1cc(Cl)ccc1Cl)c1nc2ccccc2[nH]1. The maximum absolute atomic E-state index is 12.1. The first-order valence-electron chi connectivity index (χ1n) is 7.35. The average Bonchev–Trinajstić information content (AvgIpc) is 3.00. The number of hydrogen-bond donors (Lipinski definition) is 2. The van der Waals surface area contributed by atoms with Gasteiger partial charge in [0.2, 0.25) is 0 Å². The topological polar surface area (TPSA) is 67.0 Å². The molecule has 1 heterocycles. The smallest absolute Gasteiger partial charge is 0.258 e. The number of hydrogen-bond acceptors (Lipinski definition) is 3. The Morgan fingerprint density at radius 2 is 2.08 bits per heavy atom. The molecule has 24 heavy (non-hydrogen) atoms. The maximum Gasteiger partial charge on any atom is 0.258 e. The summed E-state index contributed by atoms with van der Waals surface area (Å²) in [6, 6.07) is 12.3. The number of benzene rings is 2. The molecule has 0 aliphatic heterocycles. The van der Waals surface area contributed by atoms with Gasteiger partial charge in [0.25, 0.3) is 5.91 Å². The van der Waals surface area contributed by atoms with E-state index in [1.807, 2.05) is 31.2 Å². The molecule has 0 spiro atoms. The van der Waals surface area contributed by atoms with Crippen LogP contribution in [-0.4, -0.2) is 22.5 Å². The Labute approximate surface area is 148 Å². The first-order chi connectivity index (χ1) is 11.5. The third-order valence-corrected chi connectivity index (χ3v) is 3.99. The van der Waals surface area contributed by atoms with Gasteiger partial charge in [0.05, 0.1) is 22.1 Å². The number of halogens is 2. The number of ether oxygens (including phenoxy) is 1. The number of amides is 1. The molecule has 0 radical (unpaired) electrons. The number of imidazole rings is 1. The molecule has 3 rings (SSSR count). The predicted molar refractivity (Wildman–Crippen MR) is 94.6 cm³/mol. The standard InChI is InChI=1S/C17H15Cl2N3O2/c1-10(17-21-13-4-2-3-5-14(13)22-17)20-16(23)9-24-15-8-11(18)6-7-12(15)19/h2-8,10H,9H2,1H3,(H,20,23)(H,21,22). The van der Waals surface area contributed by atoms with E-state index in [0.717, 1.165) is 11.0 Å². The molecule has 1 atom stereocenters. The molecule has 1 aromatic heterocycles. The number of carbonyl (C=O) groups is 1. The first kappa shape index (κ1) is 16.6. The van der Waals surface area contributed by atoms with Crippen molar-refractivity contribution < 1.29 is 9.53 Å². The highest BCUT2D eigenvalue weighted by molar-refractivity contribution is 6.34. The lowest BCUT2D eigenvalue weighted by Crippen LogP contribution is -2.31. The molecule has 0 fully saturated rings. The number of carbonyl (C=O) groups excluding carboxylic acids is 1. The van der Waals surface area contributed by atoms with Crippen molar-refractivity contribution >= 4 is 40.1 Å². The maximum atomic E-state index is 12.1. The van der Waals surface area contributed by atoms with Crippen molar-refractivity contribution in [3.63, 3.8) is 0 Å². The number of nitrogens with one attached hydrogen (secondary N) is 2. The van der Waals surface area contributed by atoms with Gasteiger partial charge in [-0.15, -0.1) is 0 Å². The van der Waals surface area contributed by atoms with Crippen molar-refractivity contribution in [1.82, 2.24) is 15.3 Å². The van der Waals surface area contributed by atoms with E-state index in [4.69, 9.17) is 27.9 Å². The summed E-state index contributed by atoms with van der Waals surface area (Å²) in [5.41, 5.74) is 1.78. The van der Waals surface area contributed by atoms with E-state index in [9.17, 15) is 4.79 Å². The van der Waals surface area contributed by atoms with E-state index in [2.05, 4.69) is 15.3 Å². The normalized spacial score (nSPS) is 12.1. The van der Waals surface area contributed by atoms with E-state index in [-0.39, 0.29) is 18.6 Å². The van der Waals surface area contributed by atoms with Crippen molar-refractivity contribution in [1.29, 1.82) is 0 Å². The molecule has 1 amide bonds. The summed E-state index contributed by atoms with van der Waals surface area (Å²) in [5, 5.41) is 3.72. The predicted octanol–water partition coefficient (Wildman–Crippen LogP) is 4.13. The highest BCUT2D eigenvalue weighted by Gasteiger charge is 2.14. The van der Waals surface area contributed by atoms with Crippen molar-refractivity contribution in [2.24, 2.45) is 0 Å². The molecule has 5 nitrogen and oxygen atoms in total. The quantitative estimate of drug-likeness (QED) is 0.716. The summed E-state index contributed by atoms with van der Waals surface area (Å²) >= 11 is 11.9.